The first-order valence-corrected chi connectivity index (χ1v) is 6.35. The van der Waals surface area contributed by atoms with Gasteiger partial charge in [-0.3, -0.25) is 0 Å². The molecular formula is C12H18BN5O4. The molecule has 0 atom stereocenters. The zero-order valence-electron chi connectivity index (χ0n) is 12.2. The summed E-state index contributed by atoms with van der Waals surface area (Å²) >= 11 is 0. The Morgan fingerprint density at radius 1 is 1.27 bits per heavy atom. The summed E-state index contributed by atoms with van der Waals surface area (Å²) in [5.41, 5.74) is 16.1. The van der Waals surface area contributed by atoms with Crippen molar-refractivity contribution in [1.82, 2.24) is 0 Å². The number of carbonyl (C=O) groups is 1. The molecule has 1 aromatic rings. The summed E-state index contributed by atoms with van der Waals surface area (Å²) in [6.07, 6.45) is -0.297. The summed E-state index contributed by atoms with van der Waals surface area (Å²) in [4.78, 5) is 19.2. The zero-order chi connectivity index (χ0) is 16.9. The number of aliphatic imine (C=N–C) groups is 2. The highest BCUT2D eigenvalue weighted by molar-refractivity contribution is 6.60. The Labute approximate surface area is 127 Å². The van der Waals surface area contributed by atoms with Crippen LogP contribution in [0, 0.1) is 0 Å². The molecule has 0 bridgehead atoms. The van der Waals surface area contributed by atoms with Crippen LogP contribution in [0.15, 0.2) is 28.2 Å². The lowest BCUT2D eigenvalue weighted by Gasteiger charge is -2.10. The Morgan fingerprint density at radius 3 is 2.41 bits per heavy atom. The summed E-state index contributed by atoms with van der Waals surface area (Å²) in [6, 6.07) is 4.01. The van der Waals surface area contributed by atoms with E-state index in [2.05, 4.69) is 9.98 Å². The molecule has 8 N–H and O–H groups in total. The van der Waals surface area contributed by atoms with Gasteiger partial charge in [0.15, 0.2) is 5.96 Å². The smallest absolute Gasteiger partial charge is 0.459 e. The van der Waals surface area contributed by atoms with E-state index in [-0.39, 0.29) is 34.7 Å². The van der Waals surface area contributed by atoms with Crippen LogP contribution >= 0.6 is 0 Å². The van der Waals surface area contributed by atoms with Gasteiger partial charge in [-0.25, -0.2) is 9.79 Å². The van der Waals surface area contributed by atoms with Crippen molar-refractivity contribution in [2.75, 3.05) is 0 Å². The number of nitrogens with two attached hydrogens (primary N) is 3. The largest absolute Gasteiger partial charge is 0.490 e. The molecule has 0 fully saturated rings. The highest BCUT2D eigenvalue weighted by atomic mass is 16.5. The molecule has 0 heterocycles. The molecule has 0 amide bonds. The van der Waals surface area contributed by atoms with Crippen molar-refractivity contribution in [2.45, 2.75) is 20.0 Å². The Morgan fingerprint density at radius 2 is 1.91 bits per heavy atom. The van der Waals surface area contributed by atoms with E-state index in [0.717, 1.165) is 0 Å². The van der Waals surface area contributed by atoms with E-state index in [1.165, 1.54) is 18.2 Å². The number of hydrogen-bond donors (Lipinski definition) is 5. The lowest BCUT2D eigenvalue weighted by atomic mass is 9.78. The normalized spacial score (nSPS) is 11.2. The lowest BCUT2D eigenvalue weighted by molar-refractivity contribution is 0.0378. The number of guanidine groups is 2. The van der Waals surface area contributed by atoms with E-state index < -0.39 is 13.1 Å². The second kappa shape index (κ2) is 7.43. The van der Waals surface area contributed by atoms with E-state index in [9.17, 15) is 14.8 Å². The fourth-order valence-corrected chi connectivity index (χ4v) is 1.55. The molecule has 22 heavy (non-hydrogen) atoms. The number of ether oxygens (including phenoxy) is 1. The van der Waals surface area contributed by atoms with Crippen molar-refractivity contribution in [3.8, 4) is 0 Å². The molecule has 0 unspecified atom stereocenters. The topological polar surface area (TPSA) is 170 Å². The molecule has 0 saturated carbocycles. The second-order valence-electron chi connectivity index (χ2n) is 4.61. The standard InChI is InChI=1S/C12H18BN5O4/c1-6(2)22-10(19)7-3-4-8(13(20)21)9(5-7)17-12(16)18-11(14)15/h3-6,20-21H,1-2H3,(H6,14,15,16,17,18). The molecule has 9 nitrogen and oxygen atoms in total. The van der Waals surface area contributed by atoms with E-state index in [0.29, 0.717) is 0 Å². The third kappa shape index (κ3) is 5.07. The molecule has 0 aliphatic carbocycles. The molecule has 10 heteroatoms. The fourth-order valence-electron chi connectivity index (χ4n) is 1.55. The minimum atomic E-state index is -1.80. The van der Waals surface area contributed by atoms with E-state index >= 15 is 0 Å². The first-order valence-electron chi connectivity index (χ1n) is 6.35. The predicted octanol–water partition coefficient (Wildman–Crippen LogP) is -1.85. The number of hydrogen-bond acceptors (Lipinski definition) is 5. The highest BCUT2D eigenvalue weighted by Crippen LogP contribution is 2.14. The summed E-state index contributed by atoms with van der Waals surface area (Å²) in [5.74, 6) is -1.18. The van der Waals surface area contributed by atoms with Crippen LogP contribution < -0.4 is 22.7 Å². The van der Waals surface area contributed by atoms with E-state index in [1.807, 2.05) is 0 Å². The van der Waals surface area contributed by atoms with Crippen LogP contribution in [-0.4, -0.2) is 41.2 Å². The van der Waals surface area contributed by atoms with Crippen LogP contribution in [0.1, 0.15) is 24.2 Å². The van der Waals surface area contributed by atoms with Gasteiger partial charge in [0.1, 0.15) is 0 Å². The average molecular weight is 307 g/mol. The molecule has 0 spiro atoms. The maximum Gasteiger partial charge on any atom is 0.490 e. The van der Waals surface area contributed by atoms with Crippen molar-refractivity contribution in [1.29, 1.82) is 0 Å². The van der Waals surface area contributed by atoms with Crippen LogP contribution in [0.25, 0.3) is 0 Å². The molecule has 0 aliphatic rings. The van der Waals surface area contributed by atoms with Crippen molar-refractivity contribution in [3.05, 3.63) is 23.8 Å². The van der Waals surface area contributed by atoms with Crippen molar-refractivity contribution in [2.24, 2.45) is 27.2 Å². The number of carbonyl (C=O) groups excluding carboxylic acids is 1. The monoisotopic (exact) mass is 307 g/mol. The van der Waals surface area contributed by atoms with E-state index in [1.54, 1.807) is 13.8 Å². The number of benzene rings is 1. The molecule has 1 aromatic carbocycles. The van der Waals surface area contributed by atoms with Crippen LogP contribution in [0.3, 0.4) is 0 Å². The van der Waals surface area contributed by atoms with Gasteiger partial charge in [-0.2, -0.15) is 4.99 Å². The average Bonchev–Trinajstić information content (AvgIpc) is 2.36. The third-order valence-corrected chi connectivity index (χ3v) is 2.37. The predicted molar refractivity (Wildman–Crippen MR) is 83.9 cm³/mol. The Balaban J connectivity index is 3.27. The number of esters is 1. The van der Waals surface area contributed by atoms with Gasteiger partial charge >= 0.3 is 13.1 Å². The lowest BCUT2D eigenvalue weighted by Crippen LogP contribution is -2.31. The van der Waals surface area contributed by atoms with E-state index in [4.69, 9.17) is 21.9 Å². The SMILES string of the molecule is CC(C)OC(=O)c1ccc(B(O)O)c(N=C(N)N=C(N)N)c1. The fraction of sp³-hybridized carbons (Fsp3) is 0.250. The summed E-state index contributed by atoms with van der Waals surface area (Å²) in [6.45, 7) is 3.42. The van der Waals surface area contributed by atoms with Crippen LogP contribution in [0.4, 0.5) is 5.69 Å². The van der Waals surface area contributed by atoms with Gasteiger partial charge in [-0.05, 0) is 26.0 Å². The molecule has 0 saturated heterocycles. The summed E-state index contributed by atoms with van der Waals surface area (Å²) in [5, 5.41) is 18.6. The Kier molecular flexibility index (Phi) is 5.90. The molecule has 0 radical (unpaired) electrons. The van der Waals surface area contributed by atoms with Crippen molar-refractivity contribution >= 4 is 36.2 Å². The van der Waals surface area contributed by atoms with Crippen LogP contribution in [0.2, 0.25) is 0 Å². The van der Waals surface area contributed by atoms with Gasteiger partial charge in [0.25, 0.3) is 0 Å². The molecule has 0 aromatic heterocycles. The third-order valence-electron chi connectivity index (χ3n) is 2.37. The van der Waals surface area contributed by atoms with Gasteiger partial charge in [0.05, 0.1) is 17.4 Å². The highest BCUT2D eigenvalue weighted by Gasteiger charge is 2.19. The quantitative estimate of drug-likeness (QED) is 0.188. The van der Waals surface area contributed by atoms with Gasteiger partial charge in [0, 0.05) is 5.46 Å². The molecule has 118 valence electrons. The Bertz CT molecular complexity index is 612. The van der Waals surface area contributed by atoms with Gasteiger partial charge in [0.2, 0.25) is 5.96 Å². The van der Waals surface area contributed by atoms with Crippen molar-refractivity contribution < 1.29 is 19.6 Å². The van der Waals surface area contributed by atoms with Crippen LogP contribution in [0.5, 0.6) is 0 Å². The molecule has 0 aliphatic heterocycles. The first kappa shape index (κ1) is 17.5. The minimum Gasteiger partial charge on any atom is -0.459 e. The van der Waals surface area contributed by atoms with Crippen LogP contribution in [-0.2, 0) is 4.74 Å². The second-order valence-corrected chi connectivity index (χ2v) is 4.61. The minimum absolute atomic E-state index is 0.0369. The summed E-state index contributed by atoms with van der Waals surface area (Å²) < 4.78 is 5.05. The first-order chi connectivity index (χ1) is 10.2. The van der Waals surface area contributed by atoms with Gasteiger partial charge in [-0.1, -0.05) is 6.07 Å². The molecule has 1 rings (SSSR count). The summed E-state index contributed by atoms with van der Waals surface area (Å²) in [7, 11) is -1.80. The molecular weight excluding hydrogens is 289 g/mol. The zero-order valence-corrected chi connectivity index (χ0v) is 12.2. The maximum atomic E-state index is 11.9. The van der Waals surface area contributed by atoms with Crippen molar-refractivity contribution in [3.63, 3.8) is 0 Å². The maximum absolute atomic E-state index is 11.9. The van der Waals surface area contributed by atoms with Gasteiger partial charge in [-0.15, -0.1) is 0 Å². The van der Waals surface area contributed by atoms with Gasteiger partial charge < -0.3 is 32.0 Å². The Hall–Kier alpha value is -2.59. The number of nitrogens with zero attached hydrogens (tertiary/aromatic N) is 2. The number of rotatable bonds is 4.